The standard InChI is InChI=1S/C18H17BrN4O5S/c1-2-11-3-8-15(14(19)9-11)28-10-16(24)20-18(29)22-21-17(25)12-4-6-13(7-5-12)23(26)27/h3-9H,2,10H2,1H3,(H,21,25)(H2,20,22,24,29). The van der Waals surface area contributed by atoms with Crippen LogP contribution in [0.5, 0.6) is 5.75 Å². The minimum atomic E-state index is -0.576. The van der Waals surface area contributed by atoms with Crippen molar-refractivity contribution in [3.8, 4) is 5.75 Å². The maximum absolute atomic E-state index is 12.0. The highest BCUT2D eigenvalue weighted by Gasteiger charge is 2.11. The van der Waals surface area contributed by atoms with Crippen molar-refractivity contribution in [1.82, 2.24) is 16.2 Å². The molecular weight excluding hydrogens is 464 g/mol. The maximum Gasteiger partial charge on any atom is 0.269 e. The normalized spacial score (nSPS) is 10.0. The lowest BCUT2D eigenvalue weighted by molar-refractivity contribution is -0.384. The summed E-state index contributed by atoms with van der Waals surface area (Å²) in [6.45, 7) is 1.76. The Labute approximate surface area is 180 Å². The summed E-state index contributed by atoms with van der Waals surface area (Å²) in [4.78, 5) is 33.9. The molecule has 2 aromatic rings. The number of nitro benzene ring substituents is 1. The van der Waals surface area contributed by atoms with Crippen molar-refractivity contribution in [2.45, 2.75) is 13.3 Å². The number of carbonyl (C=O) groups is 2. The van der Waals surface area contributed by atoms with E-state index in [0.29, 0.717) is 5.75 Å². The highest BCUT2D eigenvalue weighted by atomic mass is 79.9. The molecule has 0 atom stereocenters. The van der Waals surface area contributed by atoms with E-state index in [0.717, 1.165) is 16.5 Å². The molecule has 0 aromatic heterocycles. The first-order chi connectivity index (χ1) is 13.8. The molecule has 3 N–H and O–H groups in total. The SMILES string of the molecule is CCc1ccc(OCC(=O)NC(=S)NNC(=O)c2ccc([N+](=O)[O-])cc2)c(Br)c1. The number of hydrogen-bond acceptors (Lipinski definition) is 6. The topological polar surface area (TPSA) is 123 Å². The zero-order chi connectivity index (χ0) is 21.4. The van der Waals surface area contributed by atoms with Crippen LogP contribution in [0.4, 0.5) is 5.69 Å². The van der Waals surface area contributed by atoms with E-state index in [-0.39, 0.29) is 23.0 Å². The molecule has 29 heavy (non-hydrogen) atoms. The van der Waals surface area contributed by atoms with Crippen LogP contribution in [0.25, 0.3) is 0 Å². The molecule has 0 unspecified atom stereocenters. The van der Waals surface area contributed by atoms with Crippen molar-refractivity contribution in [3.05, 3.63) is 68.2 Å². The molecule has 0 radical (unpaired) electrons. The van der Waals surface area contributed by atoms with E-state index in [1.807, 2.05) is 19.1 Å². The van der Waals surface area contributed by atoms with Crippen molar-refractivity contribution in [2.75, 3.05) is 6.61 Å². The number of ether oxygens (including phenoxy) is 1. The van der Waals surface area contributed by atoms with Crippen molar-refractivity contribution in [1.29, 1.82) is 0 Å². The van der Waals surface area contributed by atoms with Crippen molar-refractivity contribution in [3.63, 3.8) is 0 Å². The molecule has 9 nitrogen and oxygen atoms in total. The monoisotopic (exact) mass is 480 g/mol. The van der Waals surface area contributed by atoms with Crippen LogP contribution in [0.2, 0.25) is 0 Å². The number of halogens is 1. The van der Waals surface area contributed by atoms with E-state index in [1.54, 1.807) is 6.07 Å². The van der Waals surface area contributed by atoms with Gasteiger partial charge < -0.3 is 4.74 Å². The van der Waals surface area contributed by atoms with Crippen LogP contribution in [0.1, 0.15) is 22.8 Å². The summed E-state index contributed by atoms with van der Waals surface area (Å²) in [5.74, 6) is -0.575. The molecule has 2 aromatic carbocycles. The Morgan fingerprint density at radius 1 is 1.17 bits per heavy atom. The first kappa shape index (κ1) is 22.2. The lowest BCUT2D eigenvalue weighted by Gasteiger charge is -2.12. The molecule has 2 rings (SSSR count). The number of benzene rings is 2. The smallest absolute Gasteiger partial charge is 0.269 e. The lowest BCUT2D eigenvalue weighted by atomic mass is 10.2. The van der Waals surface area contributed by atoms with Gasteiger partial charge in [0.2, 0.25) is 0 Å². The van der Waals surface area contributed by atoms with Gasteiger partial charge in [-0.1, -0.05) is 13.0 Å². The van der Waals surface area contributed by atoms with Gasteiger partial charge in [0.1, 0.15) is 5.75 Å². The molecule has 0 aliphatic carbocycles. The Balaban J connectivity index is 1.77. The Bertz CT molecular complexity index is 936. The van der Waals surface area contributed by atoms with Crippen molar-refractivity contribution in [2.24, 2.45) is 0 Å². The van der Waals surface area contributed by atoms with Crippen LogP contribution in [0.3, 0.4) is 0 Å². The highest BCUT2D eigenvalue weighted by molar-refractivity contribution is 9.10. The maximum atomic E-state index is 12.0. The van der Waals surface area contributed by atoms with Gasteiger partial charge in [-0.05, 0) is 64.4 Å². The number of nitro groups is 1. The van der Waals surface area contributed by atoms with Crippen molar-refractivity contribution >= 4 is 50.8 Å². The molecule has 0 heterocycles. The summed E-state index contributed by atoms with van der Waals surface area (Å²) < 4.78 is 6.17. The summed E-state index contributed by atoms with van der Waals surface area (Å²) in [5.41, 5.74) is 5.84. The zero-order valence-corrected chi connectivity index (χ0v) is 17.6. The van der Waals surface area contributed by atoms with Gasteiger partial charge in [0.05, 0.1) is 9.40 Å². The molecule has 0 aliphatic heterocycles. The summed E-state index contributed by atoms with van der Waals surface area (Å²) in [5, 5.41) is 12.8. The van der Waals surface area contributed by atoms with Gasteiger partial charge in [0.15, 0.2) is 11.7 Å². The fourth-order valence-electron chi connectivity index (χ4n) is 2.14. The quantitative estimate of drug-likeness (QED) is 0.329. The van der Waals surface area contributed by atoms with Crippen LogP contribution in [-0.2, 0) is 11.2 Å². The number of rotatable bonds is 6. The molecule has 2 amide bonds. The minimum Gasteiger partial charge on any atom is -0.483 e. The summed E-state index contributed by atoms with van der Waals surface area (Å²) in [6, 6.07) is 10.6. The summed E-state index contributed by atoms with van der Waals surface area (Å²) in [6.07, 6.45) is 0.880. The number of nitrogens with zero attached hydrogens (tertiary/aromatic N) is 1. The molecule has 152 valence electrons. The second kappa shape index (κ2) is 10.5. The minimum absolute atomic E-state index is 0.130. The third-order valence-corrected chi connectivity index (χ3v) is 4.47. The predicted molar refractivity (Wildman–Crippen MR) is 113 cm³/mol. The largest absolute Gasteiger partial charge is 0.483 e. The Kier molecular flexibility index (Phi) is 8.04. The third kappa shape index (κ3) is 6.80. The number of carbonyl (C=O) groups excluding carboxylic acids is 2. The van der Waals surface area contributed by atoms with Gasteiger partial charge in [-0.3, -0.25) is 35.9 Å². The molecule has 0 fully saturated rings. The fraction of sp³-hybridized carbons (Fsp3) is 0.167. The molecule has 0 bridgehead atoms. The lowest BCUT2D eigenvalue weighted by Crippen LogP contribution is -2.49. The zero-order valence-electron chi connectivity index (χ0n) is 15.2. The summed E-state index contributed by atoms with van der Waals surface area (Å²) in [7, 11) is 0. The van der Waals surface area contributed by atoms with Gasteiger partial charge in [0.25, 0.3) is 17.5 Å². The second-order valence-corrected chi connectivity index (χ2v) is 6.93. The van der Waals surface area contributed by atoms with E-state index in [9.17, 15) is 19.7 Å². The van der Waals surface area contributed by atoms with Gasteiger partial charge in [-0.25, -0.2) is 0 Å². The number of non-ortho nitro benzene ring substituents is 1. The van der Waals surface area contributed by atoms with Crippen LogP contribution < -0.4 is 20.9 Å². The van der Waals surface area contributed by atoms with Crippen LogP contribution in [0.15, 0.2) is 46.9 Å². The predicted octanol–water partition coefficient (Wildman–Crippen LogP) is 2.63. The fourth-order valence-corrected chi connectivity index (χ4v) is 2.84. The van der Waals surface area contributed by atoms with E-state index in [2.05, 4.69) is 32.1 Å². The van der Waals surface area contributed by atoms with Crippen molar-refractivity contribution < 1.29 is 19.2 Å². The van der Waals surface area contributed by atoms with Crippen LogP contribution in [0, 0.1) is 10.1 Å². The number of nitrogens with one attached hydrogen (secondary N) is 3. The molecule has 0 saturated heterocycles. The van der Waals surface area contributed by atoms with E-state index >= 15 is 0 Å². The number of thiocarbonyl (C=S) groups is 1. The van der Waals surface area contributed by atoms with Crippen LogP contribution >= 0.6 is 28.1 Å². The molecule has 0 aliphatic rings. The molecule has 0 saturated carbocycles. The van der Waals surface area contributed by atoms with Gasteiger partial charge in [-0.15, -0.1) is 0 Å². The highest BCUT2D eigenvalue weighted by Crippen LogP contribution is 2.26. The summed E-state index contributed by atoms with van der Waals surface area (Å²) >= 11 is 8.32. The van der Waals surface area contributed by atoms with Gasteiger partial charge >= 0.3 is 0 Å². The molecule has 0 spiro atoms. The number of hydrogen-bond donors (Lipinski definition) is 3. The third-order valence-electron chi connectivity index (χ3n) is 3.65. The second-order valence-electron chi connectivity index (χ2n) is 5.67. The molecular formula is C18H17BrN4O5S. The Hall–Kier alpha value is -3.05. The van der Waals surface area contributed by atoms with Gasteiger partial charge in [0, 0.05) is 17.7 Å². The average molecular weight is 481 g/mol. The van der Waals surface area contributed by atoms with Gasteiger partial charge in [-0.2, -0.15) is 0 Å². The number of hydrazine groups is 1. The average Bonchev–Trinajstić information content (AvgIpc) is 2.71. The van der Waals surface area contributed by atoms with E-state index in [4.69, 9.17) is 17.0 Å². The van der Waals surface area contributed by atoms with E-state index < -0.39 is 16.7 Å². The Morgan fingerprint density at radius 3 is 2.45 bits per heavy atom. The number of amides is 2. The van der Waals surface area contributed by atoms with E-state index in [1.165, 1.54) is 24.3 Å². The number of aryl methyl sites for hydroxylation is 1. The first-order valence-electron chi connectivity index (χ1n) is 8.36. The van der Waals surface area contributed by atoms with Crippen LogP contribution in [-0.4, -0.2) is 28.5 Å². The Morgan fingerprint density at radius 2 is 1.86 bits per heavy atom. The molecule has 11 heteroatoms. The first-order valence-corrected chi connectivity index (χ1v) is 9.56.